The second-order valence-corrected chi connectivity index (χ2v) is 7.87. The summed E-state index contributed by atoms with van der Waals surface area (Å²) in [4.78, 5) is 15.4. The van der Waals surface area contributed by atoms with Crippen molar-refractivity contribution in [2.24, 2.45) is 0 Å². The summed E-state index contributed by atoms with van der Waals surface area (Å²) in [5.41, 5.74) is 2.89. The molecule has 0 atom stereocenters. The van der Waals surface area contributed by atoms with Crippen molar-refractivity contribution in [1.29, 1.82) is 0 Å². The van der Waals surface area contributed by atoms with Crippen LogP contribution in [0.3, 0.4) is 0 Å². The molecule has 0 unspecified atom stereocenters. The smallest absolute Gasteiger partial charge is 0.261 e. The van der Waals surface area contributed by atoms with Gasteiger partial charge in [0.25, 0.3) is 10.0 Å². The van der Waals surface area contributed by atoms with Gasteiger partial charge in [0.15, 0.2) is 0 Å². The lowest BCUT2D eigenvalue weighted by Gasteiger charge is -2.11. The number of benzene rings is 2. The summed E-state index contributed by atoms with van der Waals surface area (Å²) in [6.45, 7) is 3.37. The minimum absolute atomic E-state index is 0.0868. The Morgan fingerprint density at radius 2 is 1.61 bits per heavy atom. The molecule has 2 aromatic carbocycles. The van der Waals surface area contributed by atoms with Gasteiger partial charge in [-0.2, -0.15) is 0 Å². The first-order valence-electron chi connectivity index (χ1n) is 8.53. The van der Waals surface area contributed by atoms with Crippen LogP contribution >= 0.6 is 0 Å². The highest BCUT2D eigenvalue weighted by atomic mass is 32.2. The fourth-order valence-corrected chi connectivity index (χ4v) is 3.56. The van der Waals surface area contributed by atoms with Gasteiger partial charge < -0.3 is 10.6 Å². The first-order chi connectivity index (χ1) is 13.3. The Bertz CT molecular complexity index is 1080. The molecule has 0 spiro atoms. The van der Waals surface area contributed by atoms with E-state index in [1.165, 1.54) is 37.4 Å². The summed E-state index contributed by atoms with van der Waals surface area (Å²) in [5.74, 6) is 0.385. The lowest BCUT2D eigenvalue weighted by atomic mass is 10.2. The van der Waals surface area contributed by atoms with Crippen LogP contribution in [-0.4, -0.2) is 19.3 Å². The van der Waals surface area contributed by atoms with E-state index in [9.17, 15) is 13.2 Å². The third kappa shape index (κ3) is 4.86. The van der Waals surface area contributed by atoms with E-state index in [-0.39, 0.29) is 10.8 Å². The van der Waals surface area contributed by atoms with E-state index in [0.29, 0.717) is 17.2 Å². The molecule has 28 heavy (non-hydrogen) atoms. The van der Waals surface area contributed by atoms with Crippen LogP contribution in [-0.2, 0) is 14.8 Å². The maximum atomic E-state index is 12.5. The van der Waals surface area contributed by atoms with E-state index in [4.69, 9.17) is 0 Å². The third-order valence-corrected chi connectivity index (χ3v) is 5.31. The Kier molecular flexibility index (Phi) is 5.60. The van der Waals surface area contributed by atoms with Crippen molar-refractivity contribution in [2.75, 3.05) is 15.4 Å². The number of anilines is 4. The minimum Gasteiger partial charge on any atom is -0.340 e. The van der Waals surface area contributed by atoms with E-state index in [1.54, 1.807) is 12.1 Å². The molecule has 144 valence electrons. The number of aromatic nitrogens is 1. The fourth-order valence-electron chi connectivity index (χ4n) is 2.51. The Balaban J connectivity index is 1.70. The molecule has 0 aliphatic heterocycles. The topological polar surface area (TPSA) is 100 Å². The monoisotopic (exact) mass is 396 g/mol. The second-order valence-electron chi connectivity index (χ2n) is 6.18. The average molecular weight is 396 g/mol. The molecule has 0 saturated heterocycles. The Morgan fingerprint density at radius 3 is 2.21 bits per heavy atom. The number of para-hydroxylation sites is 1. The molecule has 0 saturated carbocycles. The average Bonchev–Trinajstić information content (AvgIpc) is 2.65. The Morgan fingerprint density at radius 1 is 0.929 bits per heavy atom. The lowest BCUT2D eigenvalue weighted by molar-refractivity contribution is -0.114. The van der Waals surface area contributed by atoms with Crippen LogP contribution in [0, 0.1) is 6.92 Å². The van der Waals surface area contributed by atoms with Crippen molar-refractivity contribution in [1.82, 2.24) is 4.98 Å². The summed E-state index contributed by atoms with van der Waals surface area (Å²) in [6, 6.07) is 17.1. The van der Waals surface area contributed by atoms with Crippen molar-refractivity contribution in [3.05, 3.63) is 72.4 Å². The molecule has 0 aliphatic rings. The number of hydrogen-bond donors (Lipinski definition) is 3. The first kappa shape index (κ1) is 19.4. The number of nitrogens with zero attached hydrogens (tertiary/aromatic N) is 1. The van der Waals surface area contributed by atoms with Crippen molar-refractivity contribution in [3.63, 3.8) is 0 Å². The highest BCUT2D eigenvalue weighted by Gasteiger charge is 2.14. The first-order valence-corrected chi connectivity index (χ1v) is 10.0. The summed E-state index contributed by atoms with van der Waals surface area (Å²) in [7, 11) is -3.76. The van der Waals surface area contributed by atoms with Gasteiger partial charge in [-0.05, 0) is 55.0 Å². The Labute approximate surface area is 163 Å². The quantitative estimate of drug-likeness (QED) is 0.587. The number of aryl methyl sites for hydroxylation is 1. The minimum atomic E-state index is -3.76. The summed E-state index contributed by atoms with van der Waals surface area (Å²) in [5, 5.41) is 5.78. The van der Waals surface area contributed by atoms with E-state index >= 15 is 0 Å². The van der Waals surface area contributed by atoms with Crippen molar-refractivity contribution in [3.8, 4) is 0 Å². The Hall–Kier alpha value is -3.39. The van der Waals surface area contributed by atoms with Gasteiger partial charge >= 0.3 is 0 Å². The second kappa shape index (κ2) is 8.10. The highest BCUT2D eigenvalue weighted by Crippen LogP contribution is 2.21. The van der Waals surface area contributed by atoms with Gasteiger partial charge in [-0.1, -0.05) is 18.2 Å². The number of hydrogen-bond acceptors (Lipinski definition) is 5. The molecular weight excluding hydrogens is 376 g/mol. The molecule has 0 bridgehead atoms. The summed E-state index contributed by atoms with van der Waals surface area (Å²) in [6.07, 6.45) is 1.45. The fraction of sp³-hybridized carbons (Fsp3) is 0.100. The number of carbonyl (C=O) groups is 1. The number of nitrogens with one attached hydrogen (secondary N) is 3. The number of pyridine rings is 1. The molecule has 0 aliphatic carbocycles. The molecule has 3 N–H and O–H groups in total. The predicted octanol–water partition coefficient (Wildman–Crippen LogP) is 3.89. The van der Waals surface area contributed by atoms with E-state index in [1.807, 2.05) is 31.2 Å². The van der Waals surface area contributed by atoms with Crippen LogP contribution in [0.25, 0.3) is 0 Å². The summed E-state index contributed by atoms with van der Waals surface area (Å²) >= 11 is 0. The van der Waals surface area contributed by atoms with Crippen LogP contribution < -0.4 is 15.4 Å². The highest BCUT2D eigenvalue weighted by molar-refractivity contribution is 7.92. The molecule has 3 aromatic rings. The van der Waals surface area contributed by atoms with E-state index in [0.717, 1.165) is 11.3 Å². The van der Waals surface area contributed by atoms with Gasteiger partial charge in [0, 0.05) is 18.3 Å². The molecule has 8 heteroatoms. The van der Waals surface area contributed by atoms with Crippen LogP contribution in [0.15, 0.2) is 71.8 Å². The van der Waals surface area contributed by atoms with Gasteiger partial charge in [-0.25, -0.2) is 13.4 Å². The molecule has 0 fully saturated rings. The zero-order chi connectivity index (χ0) is 20.1. The van der Waals surface area contributed by atoms with Crippen molar-refractivity contribution < 1.29 is 13.2 Å². The molecular formula is C20H20N4O3S. The zero-order valence-corrected chi connectivity index (χ0v) is 16.2. The summed E-state index contributed by atoms with van der Waals surface area (Å²) < 4.78 is 27.5. The number of carbonyl (C=O) groups excluding carboxylic acids is 1. The van der Waals surface area contributed by atoms with Crippen LogP contribution in [0.1, 0.15) is 12.5 Å². The standard InChI is InChI=1S/C20H20N4O3S/c1-14-5-3-4-6-19(14)23-20-12-9-17(13-21-20)24-28(26,27)18-10-7-16(8-11-18)22-15(2)25/h3-13,24H,1-2H3,(H,21,23)(H,22,25). The molecule has 7 nitrogen and oxygen atoms in total. The van der Waals surface area contributed by atoms with Gasteiger partial charge in [-0.15, -0.1) is 0 Å². The van der Waals surface area contributed by atoms with E-state index in [2.05, 4.69) is 20.3 Å². The molecule has 1 amide bonds. The molecule has 3 rings (SSSR count). The maximum Gasteiger partial charge on any atom is 0.261 e. The van der Waals surface area contributed by atoms with Crippen molar-refractivity contribution >= 4 is 38.8 Å². The van der Waals surface area contributed by atoms with Crippen LogP contribution in [0.5, 0.6) is 0 Å². The molecule has 1 heterocycles. The van der Waals surface area contributed by atoms with Gasteiger partial charge in [-0.3, -0.25) is 9.52 Å². The van der Waals surface area contributed by atoms with Gasteiger partial charge in [0.05, 0.1) is 16.8 Å². The van der Waals surface area contributed by atoms with Gasteiger partial charge in [0.2, 0.25) is 5.91 Å². The van der Waals surface area contributed by atoms with Crippen molar-refractivity contribution in [2.45, 2.75) is 18.7 Å². The molecule has 0 radical (unpaired) electrons. The largest absolute Gasteiger partial charge is 0.340 e. The van der Waals surface area contributed by atoms with Crippen LogP contribution in [0.4, 0.5) is 22.9 Å². The number of sulfonamides is 1. The normalized spacial score (nSPS) is 10.9. The zero-order valence-electron chi connectivity index (χ0n) is 15.4. The predicted molar refractivity (Wildman–Crippen MR) is 110 cm³/mol. The maximum absolute atomic E-state index is 12.5. The van der Waals surface area contributed by atoms with Gasteiger partial charge in [0.1, 0.15) is 5.82 Å². The molecule has 1 aromatic heterocycles. The SMILES string of the molecule is CC(=O)Nc1ccc(S(=O)(=O)Nc2ccc(Nc3ccccc3C)nc2)cc1. The third-order valence-electron chi connectivity index (χ3n) is 3.91. The van der Waals surface area contributed by atoms with Crippen LogP contribution in [0.2, 0.25) is 0 Å². The number of rotatable bonds is 6. The lowest BCUT2D eigenvalue weighted by Crippen LogP contribution is -2.13. The number of amides is 1. The van der Waals surface area contributed by atoms with E-state index < -0.39 is 10.0 Å².